The van der Waals surface area contributed by atoms with Crippen molar-refractivity contribution in [2.24, 2.45) is 0 Å². The minimum Gasteiger partial charge on any atom is -0.480 e. The van der Waals surface area contributed by atoms with Crippen molar-refractivity contribution in [2.75, 3.05) is 13.1 Å². The molecule has 0 aliphatic heterocycles. The fraction of sp³-hybridized carbons (Fsp3) is 0.400. The minimum atomic E-state index is -1.13. The van der Waals surface area contributed by atoms with E-state index in [9.17, 15) is 9.59 Å². The summed E-state index contributed by atoms with van der Waals surface area (Å²) in [5.74, 6) is -2.25. The first-order chi connectivity index (χ1) is 5.97. The van der Waals surface area contributed by atoms with E-state index in [0.717, 1.165) is 16.8 Å². The van der Waals surface area contributed by atoms with E-state index >= 15 is 0 Å². The van der Waals surface area contributed by atoms with Gasteiger partial charge in [-0.15, -0.1) is 0 Å². The van der Waals surface area contributed by atoms with Gasteiger partial charge in [0.05, 0.1) is 0 Å². The van der Waals surface area contributed by atoms with Crippen LogP contribution in [0.1, 0.15) is 0 Å². The first kappa shape index (κ1) is 12.1. The highest BCUT2D eigenvalue weighted by Gasteiger charge is 2.26. The first-order valence-corrected chi connectivity index (χ1v) is 4.51. The number of carboxylic acids is 2. The van der Waals surface area contributed by atoms with E-state index in [1.54, 1.807) is 0 Å². The van der Waals surface area contributed by atoms with E-state index in [-0.39, 0.29) is 4.32 Å². The SMILES string of the molecule is [NH3+]SC(=[S+])N(CC(=O)O)CC(=O)O. The number of carboxylic acid groups (broad SMARTS) is 2. The van der Waals surface area contributed by atoms with E-state index < -0.39 is 25.0 Å². The van der Waals surface area contributed by atoms with Crippen molar-refractivity contribution in [3.8, 4) is 0 Å². The number of carbonyl (C=O) groups is 2. The Morgan fingerprint density at radius 2 is 1.69 bits per heavy atom. The fourth-order valence-corrected chi connectivity index (χ4v) is 1.04. The average Bonchev–Trinajstić information content (AvgIpc) is 2.00. The van der Waals surface area contributed by atoms with Gasteiger partial charge in [-0.2, -0.15) is 0 Å². The molecule has 8 heteroatoms. The van der Waals surface area contributed by atoms with Crippen LogP contribution in [0.4, 0.5) is 0 Å². The lowest BCUT2D eigenvalue weighted by Crippen LogP contribution is -2.46. The summed E-state index contributed by atoms with van der Waals surface area (Å²) in [5, 5.41) is 20.2. The molecule has 0 amide bonds. The van der Waals surface area contributed by atoms with Gasteiger partial charge in [-0.25, -0.2) is 0 Å². The van der Waals surface area contributed by atoms with Crippen molar-refractivity contribution < 1.29 is 24.9 Å². The van der Waals surface area contributed by atoms with Gasteiger partial charge in [0.1, 0.15) is 13.1 Å². The Kier molecular flexibility index (Phi) is 5.35. The molecule has 0 aromatic rings. The molecule has 0 heterocycles. The average molecular weight is 225 g/mol. The van der Waals surface area contributed by atoms with Crippen LogP contribution in [0.3, 0.4) is 0 Å². The topological polar surface area (TPSA) is 105 Å². The van der Waals surface area contributed by atoms with Crippen LogP contribution in [0.5, 0.6) is 0 Å². The van der Waals surface area contributed by atoms with E-state index in [1.807, 2.05) is 0 Å². The molecule has 5 N–H and O–H groups in total. The molecule has 0 aromatic heterocycles. The fourth-order valence-electron chi connectivity index (χ4n) is 0.603. The number of hydrogen-bond acceptors (Lipinski definition) is 4. The van der Waals surface area contributed by atoms with Crippen LogP contribution in [-0.4, -0.2) is 44.5 Å². The van der Waals surface area contributed by atoms with Gasteiger partial charge in [-0.1, -0.05) is 0 Å². The van der Waals surface area contributed by atoms with Gasteiger partial charge < -0.3 is 10.2 Å². The molecule has 0 saturated heterocycles. The highest BCUT2D eigenvalue weighted by Crippen LogP contribution is 1.97. The Balaban J connectivity index is 4.26. The molecule has 0 aromatic carbocycles. The summed E-state index contributed by atoms with van der Waals surface area (Å²) in [6.45, 7) is -0.846. The lowest BCUT2D eigenvalue weighted by molar-refractivity contribution is -0.140. The van der Waals surface area contributed by atoms with Crippen LogP contribution in [0, 0.1) is 0 Å². The zero-order valence-electron chi connectivity index (χ0n) is 6.60. The molecule has 13 heavy (non-hydrogen) atoms. The van der Waals surface area contributed by atoms with Gasteiger partial charge >= 0.3 is 28.5 Å². The van der Waals surface area contributed by atoms with Crippen LogP contribution >= 0.6 is 11.9 Å². The highest BCUT2D eigenvalue weighted by atomic mass is 32.2. The zero-order valence-corrected chi connectivity index (χ0v) is 8.23. The quantitative estimate of drug-likeness (QED) is 0.288. The molecule has 0 aliphatic rings. The number of hydrogen-bond donors (Lipinski definition) is 3. The Morgan fingerprint density at radius 3 is 1.92 bits per heavy atom. The monoisotopic (exact) mass is 225 g/mol. The summed E-state index contributed by atoms with van der Waals surface area (Å²) >= 11 is 5.61. The standard InChI is InChI=1S/C5H8N2O4S2/c6-13-5(12)7(1-3(8)9)2-4(10)11/h1-2,6H2,(H,8,9)(H,10,11)/q+1/p+1. The maximum Gasteiger partial charge on any atom is 0.570 e. The molecule has 0 atom stereocenters. The normalized spacial score (nSPS) is 9.31. The van der Waals surface area contributed by atoms with Crippen molar-refractivity contribution >= 4 is 40.4 Å². The van der Waals surface area contributed by atoms with Gasteiger partial charge in [-0.05, 0) is 0 Å². The third-order valence-corrected chi connectivity index (χ3v) is 2.15. The summed E-state index contributed by atoms with van der Waals surface area (Å²) in [4.78, 5) is 21.6. The van der Waals surface area contributed by atoms with Gasteiger partial charge in [0.2, 0.25) is 0 Å². The van der Waals surface area contributed by atoms with Crippen LogP contribution in [0.2, 0.25) is 0 Å². The predicted molar refractivity (Wildman–Crippen MR) is 49.7 cm³/mol. The molecule has 0 aliphatic carbocycles. The molecule has 6 nitrogen and oxygen atoms in total. The van der Waals surface area contributed by atoms with Crippen molar-refractivity contribution in [2.45, 2.75) is 0 Å². The number of thiocarbonyl (C=S) groups is 1. The molecule has 0 saturated carbocycles. The molecular formula is C5H9N2O4S2+2. The summed E-state index contributed by atoms with van der Waals surface area (Å²) in [7, 11) is 0. The number of aliphatic carboxylic acids is 2. The Labute approximate surface area is 83.8 Å². The molecule has 0 bridgehead atoms. The maximum absolute atomic E-state index is 10.3. The number of rotatable bonds is 4. The second kappa shape index (κ2) is 5.73. The third kappa shape index (κ3) is 5.39. The van der Waals surface area contributed by atoms with Gasteiger partial charge in [0.15, 0.2) is 11.9 Å². The van der Waals surface area contributed by atoms with Gasteiger partial charge in [0.25, 0.3) is 0 Å². The minimum absolute atomic E-state index is 0.157. The first-order valence-electron chi connectivity index (χ1n) is 3.12. The van der Waals surface area contributed by atoms with Crippen LogP contribution in [0.15, 0.2) is 0 Å². The molecule has 0 spiro atoms. The summed E-state index contributed by atoms with van der Waals surface area (Å²) in [5.41, 5.74) is 0. The summed E-state index contributed by atoms with van der Waals surface area (Å²) < 4.78 is 0.157. The smallest absolute Gasteiger partial charge is 0.480 e. The largest absolute Gasteiger partial charge is 0.570 e. The van der Waals surface area contributed by atoms with Crippen LogP contribution < -0.4 is 5.14 Å². The second-order valence-corrected chi connectivity index (χ2v) is 3.37. The Morgan fingerprint density at radius 1 is 1.31 bits per heavy atom. The molecule has 0 fully saturated rings. The predicted octanol–water partition coefficient (Wildman–Crippen LogP) is -2.02. The van der Waals surface area contributed by atoms with E-state index in [0.29, 0.717) is 0 Å². The second-order valence-electron chi connectivity index (χ2n) is 2.05. The van der Waals surface area contributed by atoms with Gasteiger partial charge in [-0.3, -0.25) is 19.6 Å². The summed E-state index contributed by atoms with van der Waals surface area (Å²) in [6.07, 6.45) is 0. The van der Waals surface area contributed by atoms with Crippen LogP contribution in [0.25, 0.3) is 0 Å². The lowest BCUT2D eigenvalue weighted by atomic mass is 10.5. The Bertz CT molecular complexity index is 217. The summed E-state index contributed by atoms with van der Waals surface area (Å²) in [6, 6.07) is 0. The highest BCUT2D eigenvalue weighted by molar-refractivity contribution is 8.14. The lowest BCUT2D eigenvalue weighted by Gasteiger charge is -2.10. The van der Waals surface area contributed by atoms with Crippen molar-refractivity contribution in [1.82, 2.24) is 4.90 Å². The van der Waals surface area contributed by atoms with E-state index in [1.165, 1.54) is 0 Å². The molecule has 0 rings (SSSR count). The van der Waals surface area contributed by atoms with E-state index in [2.05, 4.69) is 5.14 Å². The molecule has 73 valence electrons. The van der Waals surface area contributed by atoms with Crippen LogP contribution in [-0.2, 0) is 21.8 Å². The zero-order chi connectivity index (χ0) is 10.4. The third-order valence-electron chi connectivity index (χ3n) is 1.03. The molecular weight excluding hydrogens is 216 g/mol. The van der Waals surface area contributed by atoms with Gasteiger partial charge in [0, 0.05) is 0 Å². The van der Waals surface area contributed by atoms with E-state index in [4.69, 9.17) is 22.4 Å². The Hall–Kier alpha value is -0.860. The number of nitrogens with zero attached hydrogens (tertiary/aromatic N) is 1. The van der Waals surface area contributed by atoms with Crippen molar-refractivity contribution in [1.29, 1.82) is 0 Å². The molecule has 1 radical (unpaired) electrons. The number of quaternary nitrogens is 1. The van der Waals surface area contributed by atoms with Crippen molar-refractivity contribution in [3.63, 3.8) is 0 Å². The maximum atomic E-state index is 10.3. The van der Waals surface area contributed by atoms with Crippen molar-refractivity contribution in [3.05, 3.63) is 0 Å². The molecule has 0 unspecified atom stereocenters.